The van der Waals surface area contributed by atoms with Crippen molar-refractivity contribution in [3.8, 4) is 0 Å². The predicted molar refractivity (Wildman–Crippen MR) is 111 cm³/mol. The molecule has 0 atom stereocenters. The second-order valence-corrected chi connectivity index (χ2v) is 9.71. The lowest BCUT2D eigenvalue weighted by Crippen LogP contribution is -2.34. The van der Waals surface area contributed by atoms with Gasteiger partial charge in [0.1, 0.15) is 23.2 Å². The number of hydrogen-bond donors (Lipinski definition) is 0. The third-order valence-corrected chi connectivity index (χ3v) is 8.98. The Kier molecular flexibility index (Phi) is 6.20. The van der Waals surface area contributed by atoms with Gasteiger partial charge in [-0.15, -0.1) is 0 Å². The third-order valence-electron chi connectivity index (χ3n) is 4.55. The molecule has 0 radical (unpaired) electrons. The van der Waals surface area contributed by atoms with Gasteiger partial charge < -0.3 is 4.74 Å². The van der Waals surface area contributed by atoms with E-state index in [0.29, 0.717) is 13.0 Å². The molecule has 132 valence electrons. The highest BCUT2D eigenvalue weighted by atomic mass is 31.2. The van der Waals surface area contributed by atoms with Crippen LogP contribution < -0.4 is 15.9 Å². The minimum Gasteiger partial charge on any atom is -0.466 e. The van der Waals surface area contributed by atoms with Crippen molar-refractivity contribution in [2.24, 2.45) is 0 Å². The minimum atomic E-state index is -1.93. The first-order valence-corrected chi connectivity index (χ1v) is 11.0. The van der Waals surface area contributed by atoms with Crippen LogP contribution in [0.15, 0.2) is 91.0 Å². The van der Waals surface area contributed by atoms with E-state index in [4.69, 9.17) is 4.74 Å². The topological polar surface area (TPSA) is 26.3 Å². The maximum atomic E-state index is 12.2. The summed E-state index contributed by atoms with van der Waals surface area (Å²) in [4.78, 5) is 12.2. The Bertz CT molecular complexity index is 720. The number of carbonyl (C=O) groups excluding carboxylic acids is 1. The first kappa shape index (κ1) is 18.4. The van der Waals surface area contributed by atoms with Crippen molar-refractivity contribution in [2.75, 3.05) is 12.8 Å². The van der Waals surface area contributed by atoms with Crippen LogP contribution in [-0.4, -0.2) is 18.7 Å². The van der Waals surface area contributed by atoms with Gasteiger partial charge in [-0.05, 0) is 43.3 Å². The monoisotopic (exact) mass is 363 g/mol. The van der Waals surface area contributed by atoms with Crippen molar-refractivity contribution >= 4 is 29.1 Å². The van der Waals surface area contributed by atoms with Crippen LogP contribution in [0.1, 0.15) is 13.3 Å². The van der Waals surface area contributed by atoms with Crippen molar-refractivity contribution in [3.05, 3.63) is 91.0 Å². The van der Waals surface area contributed by atoms with Crippen LogP contribution in [0.4, 0.5) is 0 Å². The first-order valence-electron chi connectivity index (χ1n) is 8.98. The molecule has 0 aliphatic rings. The van der Waals surface area contributed by atoms with E-state index in [9.17, 15) is 4.79 Å². The fraction of sp³-hybridized carbons (Fsp3) is 0.174. The number of carbonyl (C=O) groups is 1. The Balaban J connectivity index is 2.16. The van der Waals surface area contributed by atoms with E-state index >= 15 is 0 Å². The van der Waals surface area contributed by atoms with Crippen LogP contribution in [0.3, 0.4) is 0 Å². The molecule has 0 unspecified atom stereocenters. The molecule has 0 aliphatic carbocycles. The number of hydrogen-bond acceptors (Lipinski definition) is 2. The molecule has 3 aromatic rings. The van der Waals surface area contributed by atoms with Gasteiger partial charge in [0.15, 0.2) is 0 Å². The van der Waals surface area contributed by atoms with Crippen LogP contribution in [0.2, 0.25) is 0 Å². The summed E-state index contributed by atoms with van der Waals surface area (Å²) in [7, 11) is -1.93. The molecule has 0 heterocycles. The molecule has 0 saturated carbocycles. The van der Waals surface area contributed by atoms with Crippen molar-refractivity contribution < 1.29 is 9.53 Å². The van der Waals surface area contributed by atoms with Crippen molar-refractivity contribution in [2.45, 2.75) is 13.3 Å². The van der Waals surface area contributed by atoms with E-state index in [0.717, 1.165) is 6.16 Å². The van der Waals surface area contributed by atoms with E-state index in [1.54, 1.807) is 0 Å². The molecule has 3 heteroatoms. The summed E-state index contributed by atoms with van der Waals surface area (Å²) in [5.41, 5.74) is 0. The van der Waals surface area contributed by atoms with Gasteiger partial charge >= 0.3 is 5.97 Å². The van der Waals surface area contributed by atoms with Crippen LogP contribution in [0.5, 0.6) is 0 Å². The second kappa shape index (κ2) is 8.78. The molecule has 0 saturated heterocycles. The van der Waals surface area contributed by atoms with E-state index in [2.05, 4.69) is 72.8 Å². The summed E-state index contributed by atoms with van der Waals surface area (Å²) in [5.74, 6) is -0.125. The zero-order valence-electron chi connectivity index (χ0n) is 15.0. The Morgan fingerprint density at radius 3 is 1.46 bits per heavy atom. The number of benzene rings is 3. The molecule has 0 fully saturated rings. The smallest absolute Gasteiger partial charge is 0.309 e. The van der Waals surface area contributed by atoms with Crippen LogP contribution in [0.25, 0.3) is 0 Å². The van der Waals surface area contributed by atoms with Gasteiger partial charge in [-0.3, -0.25) is 4.79 Å². The molecule has 0 aliphatic heterocycles. The van der Waals surface area contributed by atoms with Crippen LogP contribution >= 0.6 is 7.26 Å². The summed E-state index contributed by atoms with van der Waals surface area (Å²) in [6.07, 6.45) is 1.18. The lowest BCUT2D eigenvalue weighted by atomic mass is 10.3. The Labute approximate surface area is 156 Å². The highest BCUT2D eigenvalue weighted by molar-refractivity contribution is 7.95. The summed E-state index contributed by atoms with van der Waals surface area (Å²) in [6, 6.07) is 31.8. The summed E-state index contributed by atoms with van der Waals surface area (Å²) in [6.45, 7) is 2.28. The average molecular weight is 363 g/mol. The Morgan fingerprint density at radius 2 is 1.12 bits per heavy atom. The van der Waals surface area contributed by atoms with E-state index in [1.807, 2.05) is 25.1 Å². The highest BCUT2D eigenvalue weighted by Crippen LogP contribution is 2.55. The zero-order valence-corrected chi connectivity index (χ0v) is 15.9. The standard InChI is InChI=1S/C23H24O2P/c1-2-25-23(24)18-19-26(20-12-6-3-7-13-20,21-14-8-4-9-15-21)22-16-10-5-11-17-22/h3-17H,2,18-19H2,1H3/q+1. The van der Waals surface area contributed by atoms with E-state index < -0.39 is 7.26 Å². The Morgan fingerprint density at radius 1 is 0.731 bits per heavy atom. The van der Waals surface area contributed by atoms with Crippen LogP contribution in [0, 0.1) is 0 Å². The Hall–Kier alpha value is -2.44. The average Bonchev–Trinajstić information content (AvgIpc) is 2.71. The third kappa shape index (κ3) is 3.86. The molecule has 0 aromatic heterocycles. The molecule has 2 nitrogen and oxygen atoms in total. The molecule has 26 heavy (non-hydrogen) atoms. The van der Waals surface area contributed by atoms with Crippen LogP contribution in [-0.2, 0) is 9.53 Å². The lowest BCUT2D eigenvalue weighted by Gasteiger charge is -2.27. The van der Waals surface area contributed by atoms with Gasteiger partial charge in [0.05, 0.1) is 19.2 Å². The maximum absolute atomic E-state index is 12.2. The molecule has 0 bridgehead atoms. The van der Waals surface area contributed by atoms with E-state index in [1.165, 1.54) is 15.9 Å². The first-order chi connectivity index (χ1) is 12.8. The molecular formula is C23H24O2P+. The molecule has 3 aromatic carbocycles. The summed E-state index contributed by atoms with van der Waals surface area (Å²) >= 11 is 0. The molecule has 0 amide bonds. The SMILES string of the molecule is CCOC(=O)CC[P+](c1ccccc1)(c1ccccc1)c1ccccc1. The second-order valence-electron chi connectivity index (χ2n) is 6.10. The van der Waals surface area contributed by atoms with Gasteiger partial charge in [0.25, 0.3) is 0 Å². The zero-order chi connectivity index (χ0) is 18.2. The van der Waals surface area contributed by atoms with E-state index in [-0.39, 0.29) is 5.97 Å². The molecule has 3 rings (SSSR count). The molecule has 0 N–H and O–H groups in total. The largest absolute Gasteiger partial charge is 0.466 e. The molecule has 0 spiro atoms. The predicted octanol–water partition coefficient (Wildman–Crippen LogP) is 3.93. The van der Waals surface area contributed by atoms with Crippen molar-refractivity contribution in [3.63, 3.8) is 0 Å². The summed E-state index contributed by atoms with van der Waals surface area (Å²) in [5, 5.41) is 3.88. The van der Waals surface area contributed by atoms with Gasteiger partial charge in [-0.1, -0.05) is 54.6 Å². The van der Waals surface area contributed by atoms with Gasteiger partial charge in [0, 0.05) is 0 Å². The van der Waals surface area contributed by atoms with Gasteiger partial charge in [-0.25, -0.2) is 0 Å². The quantitative estimate of drug-likeness (QED) is 0.470. The minimum absolute atomic E-state index is 0.125. The van der Waals surface area contributed by atoms with Gasteiger partial charge in [-0.2, -0.15) is 0 Å². The summed E-state index contributed by atoms with van der Waals surface area (Å²) < 4.78 is 5.22. The lowest BCUT2D eigenvalue weighted by molar-refractivity contribution is -0.142. The number of rotatable bonds is 7. The fourth-order valence-corrected chi connectivity index (χ4v) is 7.60. The fourth-order valence-electron chi connectivity index (χ4n) is 3.37. The number of ether oxygens (including phenoxy) is 1. The van der Waals surface area contributed by atoms with Gasteiger partial charge in [0.2, 0.25) is 0 Å². The molecular weight excluding hydrogens is 339 g/mol. The number of esters is 1. The van der Waals surface area contributed by atoms with Crippen molar-refractivity contribution in [1.82, 2.24) is 0 Å². The normalized spacial score (nSPS) is 11.1. The maximum Gasteiger partial charge on any atom is 0.309 e. The van der Waals surface area contributed by atoms with Crippen molar-refractivity contribution in [1.29, 1.82) is 0 Å². The highest BCUT2D eigenvalue weighted by Gasteiger charge is 2.45.